The molecule has 1 aromatic heterocycles. The Morgan fingerprint density at radius 3 is 2.12 bits per heavy atom. The molecule has 2 aliphatic heterocycles. The first-order chi connectivity index (χ1) is 7.91. The number of thiophene rings is 1. The molecule has 1 aromatic rings. The number of hydrogen-bond donors (Lipinski definition) is 0. The van der Waals surface area contributed by atoms with Crippen LogP contribution in [0.1, 0.15) is 51.3 Å². The lowest BCUT2D eigenvalue weighted by Crippen LogP contribution is -2.53. The van der Waals surface area contributed by atoms with Crippen LogP contribution in [0.25, 0.3) is 0 Å². The molecule has 17 heavy (non-hydrogen) atoms. The molecule has 0 amide bonds. The van der Waals surface area contributed by atoms with Crippen LogP contribution in [0.2, 0.25) is 0 Å². The molecule has 0 atom stereocenters. The van der Waals surface area contributed by atoms with Gasteiger partial charge in [-0.3, -0.25) is 0 Å². The van der Waals surface area contributed by atoms with E-state index in [1.807, 2.05) is 0 Å². The summed E-state index contributed by atoms with van der Waals surface area (Å²) in [5, 5.41) is 2.08. The zero-order valence-electron chi connectivity index (χ0n) is 11.5. The van der Waals surface area contributed by atoms with Crippen LogP contribution in [0.5, 0.6) is 0 Å². The van der Waals surface area contributed by atoms with Crippen LogP contribution >= 0.6 is 11.3 Å². The predicted molar refractivity (Wildman–Crippen MR) is 74.6 cm³/mol. The zero-order chi connectivity index (χ0) is 12.5. The van der Waals surface area contributed by atoms with Crippen molar-refractivity contribution in [3.8, 4) is 0 Å². The van der Waals surface area contributed by atoms with Crippen molar-refractivity contribution >= 4 is 11.3 Å². The summed E-state index contributed by atoms with van der Waals surface area (Å²) in [4.78, 5) is 1.38. The minimum absolute atomic E-state index is 0.158. The molecule has 0 spiro atoms. The van der Waals surface area contributed by atoms with Gasteiger partial charge in [-0.2, -0.15) is 0 Å². The van der Waals surface area contributed by atoms with Crippen LogP contribution < -0.4 is 0 Å². The van der Waals surface area contributed by atoms with Crippen molar-refractivity contribution < 1.29 is 4.74 Å². The quantitative estimate of drug-likeness (QED) is 0.644. The minimum Gasteiger partial charge on any atom is -0.369 e. The van der Waals surface area contributed by atoms with Crippen LogP contribution in [-0.2, 0) is 4.74 Å². The third-order valence-electron chi connectivity index (χ3n) is 4.20. The highest BCUT2D eigenvalue weighted by Crippen LogP contribution is 2.49. The monoisotopic (exact) mass is 252 g/mol. The second kappa shape index (κ2) is 4.74. The summed E-state index contributed by atoms with van der Waals surface area (Å²) >= 11 is 1.78. The number of hydrogen-bond acceptors (Lipinski definition) is 2. The molecular formula is C15H24OS. The molecule has 1 saturated carbocycles. The average Bonchev–Trinajstić information content (AvgIpc) is 2.68. The Morgan fingerprint density at radius 1 is 1.24 bits per heavy atom. The van der Waals surface area contributed by atoms with Gasteiger partial charge in [0.25, 0.3) is 0 Å². The first kappa shape index (κ1) is 13.1. The fourth-order valence-corrected chi connectivity index (χ4v) is 3.63. The maximum Gasteiger partial charge on any atom is 0.0662 e. The maximum absolute atomic E-state index is 6.06. The number of fused-ring (bicyclic) bond motifs is 3. The Balaban J connectivity index is 0.000000153. The Morgan fingerprint density at radius 2 is 1.88 bits per heavy atom. The van der Waals surface area contributed by atoms with Gasteiger partial charge >= 0.3 is 0 Å². The highest BCUT2D eigenvalue weighted by Gasteiger charge is 2.47. The lowest BCUT2D eigenvalue weighted by Gasteiger charge is -2.54. The Kier molecular flexibility index (Phi) is 3.65. The van der Waals surface area contributed by atoms with Crippen LogP contribution in [0, 0.1) is 12.8 Å². The molecule has 0 aromatic carbocycles. The van der Waals surface area contributed by atoms with Crippen molar-refractivity contribution in [3.63, 3.8) is 0 Å². The van der Waals surface area contributed by atoms with Gasteiger partial charge in [-0.25, -0.2) is 0 Å². The van der Waals surface area contributed by atoms with Gasteiger partial charge in [-0.1, -0.05) is 6.07 Å². The molecule has 0 unspecified atom stereocenters. The highest BCUT2D eigenvalue weighted by atomic mass is 32.1. The zero-order valence-corrected chi connectivity index (χ0v) is 12.3. The SMILES string of the molecule is CC12CCC(CC1)C(C)(C)O2.Cc1cccs1. The Bertz CT molecular complexity index is 342. The average molecular weight is 252 g/mol. The van der Waals surface area contributed by atoms with Crippen molar-refractivity contribution in [2.75, 3.05) is 0 Å². The molecule has 2 saturated heterocycles. The van der Waals surface area contributed by atoms with Gasteiger partial charge in [-0.05, 0) is 70.7 Å². The van der Waals surface area contributed by atoms with E-state index in [2.05, 4.69) is 45.2 Å². The first-order valence-electron chi connectivity index (χ1n) is 6.62. The highest BCUT2D eigenvalue weighted by molar-refractivity contribution is 7.09. The van der Waals surface area contributed by atoms with E-state index in [1.54, 1.807) is 11.3 Å². The Hall–Kier alpha value is -0.340. The molecule has 3 heterocycles. The number of rotatable bonds is 0. The van der Waals surface area contributed by atoms with E-state index in [0.717, 1.165) is 5.92 Å². The van der Waals surface area contributed by atoms with Gasteiger partial charge in [0.1, 0.15) is 0 Å². The van der Waals surface area contributed by atoms with Gasteiger partial charge in [0.15, 0.2) is 0 Å². The van der Waals surface area contributed by atoms with E-state index in [4.69, 9.17) is 4.74 Å². The summed E-state index contributed by atoms with van der Waals surface area (Å²) in [7, 11) is 0. The standard InChI is InChI=1S/C10H18O.C5H6S/c1-9(2)8-4-6-10(3,11-9)7-5-8;1-5-3-2-4-6-5/h8H,4-7H2,1-3H3;2-4H,1H3. The van der Waals surface area contributed by atoms with Gasteiger partial charge in [0.05, 0.1) is 11.2 Å². The second-order valence-electron chi connectivity index (χ2n) is 6.15. The summed E-state index contributed by atoms with van der Waals surface area (Å²) in [6, 6.07) is 4.16. The summed E-state index contributed by atoms with van der Waals surface area (Å²) < 4.78 is 6.06. The Labute approximate surface area is 109 Å². The largest absolute Gasteiger partial charge is 0.369 e. The van der Waals surface area contributed by atoms with E-state index in [0.29, 0.717) is 0 Å². The van der Waals surface area contributed by atoms with E-state index in [9.17, 15) is 0 Å². The van der Waals surface area contributed by atoms with Crippen LogP contribution in [0.3, 0.4) is 0 Å². The van der Waals surface area contributed by atoms with E-state index >= 15 is 0 Å². The van der Waals surface area contributed by atoms with Gasteiger partial charge in [0, 0.05) is 4.88 Å². The van der Waals surface area contributed by atoms with E-state index in [1.165, 1.54) is 30.6 Å². The lowest BCUT2D eigenvalue weighted by molar-refractivity contribution is -0.229. The molecule has 1 nitrogen and oxygen atoms in total. The number of ether oxygens (including phenoxy) is 1. The summed E-state index contributed by atoms with van der Waals surface area (Å²) in [6.07, 6.45) is 5.31. The van der Waals surface area contributed by atoms with Gasteiger partial charge < -0.3 is 4.74 Å². The fraction of sp³-hybridized carbons (Fsp3) is 0.733. The van der Waals surface area contributed by atoms with Gasteiger partial charge in [-0.15, -0.1) is 11.3 Å². The normalized spacial score (nSPS) is 34.0. The van der Waals surface area contributed by atoms with Crippen LogP contribution in [0.15, 0.2) is 17.5 Å². The van der Waals surface area contributed by atoms with Gasteiger partial charge in [0.2, 0.25) is 0 Å². The lowest BCUT2D eigenvalue weighted by atomic mass is 9.69. The van der Waals surface area contributed by atoms with Crippen molar-refractivity contribution in [3.05, 3.63) is 22.4 Å². The first-order valence-corrected chi connectivity index (χ1v) is 7.50. The van der Waals surface area contributed by atoms with E-state index in [-0.39, 0.29) is 11.2 Å². The molecule has 4 rings (SSSR count). The maximum atomic E-state index is 6.06. The molecule has 2 heteroatoms. The minimum atomic E-state index is 0.158. The molecular weight excluding hydrogens is 228 g/mol. The van der Waals surface area contributed by atoms with Crippen molar-refractivity contribution in [1.29, 1.82) is 0 Å². The molecule has 1 aliphatic carbocycles. The summed E-state index contributed by atoms with van der Waals surface area (Å²) in [6.45, 7) is 8.86. The fourth-order valence-electron chi connectivity index (χ4n) is 3.10. The topological polar surface area (TPSA) is 9.23 Å². The smallest absolute Gasteiger partial charge is 0.0662 e. The number of aryl methyl sites for hydroxylation is 1. The third kappa shape index (κ3) is 3.11. The van der Waals surface area contributed by atoms with Crippen molar-refractivity contribution in [2.24, 2.45) is 5.92 Å². The summed E-state index contributed by atoms with van der Waals surface area (Å²) in [5.41, 5.74) is 0.378. The molecule has 2 bridgehead atoms. The summed E-state index contributed by atoms with van der Waals surface area (Å²) in [5.74, 6) is 0.823. The third-order valence-corrected chi connectivity index (χ3v) is 5.00. The van der Waals surface area contributed by atoms with Crippen molar-refractivity contribution in [1.82, 2.24) is 0 Å². The molecule has 96 valence electrons. The second-order valence-corrected chi connectivity index (χ2v) is 7.31. The van der Waals surface area contributed by atoms with Crippen molar-refractivity contribution in [2.45, 2.75) is 64.6 Å². The van der Waals surface area contributed by atoms with Crippen LogP contribution in [-0.4, -0.2) is 11.2 Å². The molecule has 0 radical (unpaired) electrons. The van der Waals surface area contributed by atoms with Crippen LogP contribution in [0.4, 0.5) is 0 Å². The molecule has 3 aliphatic rings. The van der Waals surface area contributed by atoms with E-state index < -0.39 is 0 Å². The predicted octanol–water partition coefficient (Wildman–Crippen LogP) is 4.80. The molecule has 0 N–H and O–H groups in total. The molecule has 3 fully saturated rings.